The van der Waals surface area contributed by atoms with E-state index >= 15 is 0 Å². The minimum atomic E-state index is -0.871. The molecule has 0 aliphatic rings. The molecule has 116 valence electrons. The third kappa shape index (κ3) is 7.91. The molecule has 21 heavy (non-hydrogen) atoms. The van der Waals surface area contributed by atoms with E-state index in [0.717, 1.165) is 0 Å². The summed E-state index contributed by atoms with van der Waals surface area (Å²) < 4.78 is 18.0. The number of benzene rings is 1. The highest BCUT2D eigenvalue weighted by atomic mass is 19.1. The first kappa shape index (κ1) is 16.9. The Labute approximate surface area is 123 Å². The highest BCUT2D eigenvalue weighted by Crippen LogP contribution is 2.11. The van der Waals surface area contributed by atoms with Crippen LogP contribution in [0.3, 0.4) is 0 Å². The Bertz CT molecular complexity index is 461. The number of carboxylic acids is 1. The molecular formula is C15H20FNO4. The van der Waals surface area contributed by atoms with E-state index in [1.807, 2.05) is 0 Å². The van der Waals surface area contributed by atoms with Gasteiger partial charge in [-0.3, -0.25) is 9.59 Å². The summed E-state index contributed by atoms with van der Waals surface area (Å²) >= 11 is 0. The number of carbonyl (C=O) groups is 2. The number of amides is 1. The predicted octanol–water partition coefficient (Wildman–Crippen LogP) is 2.21. The van der Waals surface area contributed by atoms with Gasteiger partial charge < -0.3 is 15.2 Å². The molecule has 0 bridgehead atoms. The van der Waals surface area contributed by atoms with Crippen molar-refractivity contribution in [3.05, 3.63) is 30.1 Å². The number of carbonyl (C=O) groups excluding carboxylic acids is 1. The van der Waals surface area contributed by atoms with Gasteiger partial charge >= 0.3 is 5.97 Å². The number of hydrogen-bond acceptors (Lipinski definition) is 3. The predicted molar refractivity (Wildman–Crippen MR) is 75.6 cm³/mol. The topological polar surface area (TPSA) is 75.6 Å². The molecule has 0 radical (unpaired) electrons. The van der Waals surface area contributed by atoms with Crippen molar-refractivity contribution >= 4 is 11.9 Å². The van der Waals surface area contributed by atoms with Gasteiger partial charge in [0.25, 0.3) is 0 Å². The number of aliphatic carboxylic acids is 1. The van der Waals surface area contributed by atoms with Crippen molar-refractivity contribution in [2.24, 2.45) is 5.92 Å². The van der Waals surface area contributed by atoms with Gasteiger partial charge in [-0.2, -0.15) is 0 Å². The molecule has 0 saturated heterocycles. The largest absolute Gasteiger partial charge is 0.494 e. The second kappa shape index (κ2) is 8.94. The van der Waals surface area contributed by atoms with E-state index in [9.17, 15) is 14.0 Å². The van der Waals surface area contributed by atoms with Crippen molar-refractivity contribution in [2.75, 3.05) is 13.2 Å². The highest BCUT2D eigenvalue weighted by Gasteiger charge is 2.09. The van der Waals surface area contributed by atoms with E-state index in [0.29, 0.717) is 31.7 Å². The molecule has 1 rings (SSSR count). The van der Waals surface area contributed by atoms with Gasteiger partial charge in [0.15, 0.2) is 0 Å². The molecule has 6 heteroatoms. The van der Waals surface area contributed by atoms with Gasteiger partial charge in [0.2, 0.25) is 5.91 Å². The van der Waals surface area contributed by atoms with Crippen molar-refractivity contribution in [3.63, 3.8) is 0 Å². The van der Waals surface area contributed by atoms with Gasteiger partial charge in [0.1, 0.15) is 11.6 Å². The second-order valence-corrected chi connectivity index (χ2v) is 4.91. The number of halogens is 1. The third-order valence-electron chi connectivity index (χ3n) is 2.80. The van der Waals surface area contributed by atoms with Crippen LogP contribution in [0.2, 0.25) is 0 Å². The average molecular weight is 297 g/mol. The summed E-state index contributed by atoms with van der Waals surface area (Å²) in [6.07, 6.45) is 0.880. The van der Waals surface area contributed by atoms with Gasteiger partial charge in [-0.05, 0) is 36.6 Å². The lowest BCUT2D eigenvalue weighted by atomic mass is 10.1. The van der Waals surface area contributed by atoms with Crippen LogP contribution in [0.1, 0.15) is 26.2 Å². The molecule has 1 atom stereocenters. The Balaban J connectivity index is 2.10. The monoisotopic (exact) mass is 297 g/mol. The maximum atomic E-state index is 12.7. The van der Waals surface area contributed by atoms with Gasteiger partial charge in [-0.1, -0.05) is 6.92 Å². The third-order valence-corrected chi connectivity index (χ3v) is 2.80. The first-order valence-electron chi connectivity index (χ1n) is 6.84. The van der Waals surface area contributed by atoms with E-state index in [1.165, 1.54) is 24.3 Å². The van der Waals surface area contributed by atoms with E-state index in [1.54, 1.807) is 6.92 Å². The summed E-state index contributed by atoms with van der Waals surface area (Å²) in [6, 6.07) is 5.68. The minimum absolute atomic E-state index is 0.0357. The van der Waals surface area contributed by atoms with Gasteiger partial charge in [0, 0.05) is 19.4 Å². The lowest BCUT2D eigenvalue weighted by molar-refractivity contribution is -0.138. The summed E-state index contributed by atoms with van der Waals surface area (Å²) in [7, 11) is 0. The maximum Gasteiger partial charge on any atom is 0.303 e. The first-order valence-corrected chi connectivity index (χ1v) is 6.84. The number of rotatable bonds is 9. The molecule has 0 heterocycles. The summed E-state index contributed by atoms with van der Waals surface area (Å²) in [6.45, 7) is 2.49. The normalized spacial score (nSPS) is 11.7. The molecule has 1 unspecified atom stereocenters. The minimum Gasteiger partial charge on any atom is -0.494 e. The van der Waals surface area contributed by atoms with Crippen LogP contribution in [0, 0.1) is 11.7 Å². The van der Waals surface area contributed by atoms with Crippen LogP contribution in [0.5, 0.6) is 5.75 Å². The van der Waals surface area contributed by atoms with Crippen molar-refractivity contribution in [1.82, 2.24) is 5.32 Å². The Morgan fingerprint density at radius 1 is 1.33 bits per heavy atom. The van der Waals surface area contributed by atoms with E-state index in [-0.39, 0.29) is 24.1 Å². The first-order chi connectivity index (χ1) is 9.97. The molecule has 0 fully saturated rings. The smallest absolute Gasteiger partial charge is 0.303 e. The number of ether oxygens (including phenoxy) is 1. The van der Waals surface area contributed by atoms with E-state index in [2.05, 4.69) is 5.32 Å². The van der Waals surface area contributed by atoms with Crippen LogP contribution in [0.4, 0.5) is 4.39 Å². The maximum absolute atomic E-state index is 12.7. The quantitative estimate of drug-likeness (QED) is 0.685. The zero-order valence-electron chi connectivity index (χ0n) is 12.0. The van der Waals surface area contributed by atoms with Crippen LogP contribution >= 0.6 is 0 Å². The zero-order chi connectivity index (χ0) is 15.7. The number of hydrogen-bond donors (Lipinski definition) is 2. The van der Waals surface area contributed by atoms with E-state index < -0.39 is 5.97 Å². The van der Waals surface area contributed by atoms with Gasteiger partial charge in [0.05, 0.1) is 6.61 Å². The molecule has 1 aromatic carbocycles. The number of carboxylic acid groups (broad SMARTS) is 1. The Morgan fingerprint density at radius 3 is 2.62 bits per heavy atom. The number of nitrogens with one attached hydrogen (secondary N) is 1. The fraction of sp³-hybridized carbons (Fsp3) is 0.467. The second-order valence-electron chi connectivity index (χ2n) is 4.91. The van der Waals surface area contributed by atoms with Crippen molar-refractivity contribution in [2.45, 2.75) is 26.2 Å². The molecule has 1 aromatic rings. The molecule has 0 aliphatic carbocycles. The van der Waals surface area contributed by atoms with Crippen LogP contribution in [-0.2, 0) is 9.59 Å². The summed E-state index contributed by atoms with van der Waals surface area (Å²) in [5.74, 6) is -0.856. The SMILES string of the molecule is CC(CNC(=O)CCCOc1ccc(F)cc1)CC(=O)O. The summed E-state index contributed by atoms with van der Waals surface area (Å²) in [4.78, 5) is 22.0. The van der Waals surface area contributed by atoms with Crippen LogP contribution in [-0.4, -0.2) is 30.1 Å². The Hall–Kier alpha value is -2.11. The van der Waals surface area contributed by atoms with Crippen molar-refractivity contribution in [3.8, 4) is 5.75 Å². The van der Waals surface area contributed by atoms with Crippen molar-refractivity contribution < 1.29 is 23.8 Å². The molecule has 0 aliphatic heterocycles. The molecule has 0 spiro atoms. The summed E-state index contributed by atoms with van der Waals surface area (Å²) in [5, 5.41) is 11.3. The van der Waals surface area contributed by atoms with Gasteiger partial charge in [-0.25, -0.2) is 4.39 Å². The Morgan fingerprint density at radius 2 is 2.00 bits per heavy atom. The van der Waals surface area contributed by atoms with Gasteiger partial charge in [-0.15, -0.1) is 0 Å². The standard InChI is InChI=1S/C15H20FNO4/c1-11(9-15(19)20)10-17-14(18)3-2-8-21-13-6-4-12(16)5-7-13/h4-7,11H,2-3,8-10H2,1H3,(H,17,18)(H,19,20). The van der Waals surface area contributed by atoms with E-state index in [4.69, 9.17) is 9.84 Å². The highest BCUT2D eigenvalue weighted by molar-refractivity contribution is 5.75. The van der Waals surface area contributed by atoms with Crippen LogP contribution in [0.15, 0.2) is 24.3 Å². The molecule has 0 aromatic heterocycles. The Kier molecular flexibility index (Phi) is 7.21. The average Bonchev–Trinajstić information content (AvgIpc) is 2.42. The zero-order valence-corrected chi connectivity index (χ0v) is 12.0. The fourth-order valence-corrected chi connectivity index (χ4v) is 1.70. The lowest BCUT2D eigenvalue weighted by Crippen LogP contribution is -2.29. The fourth-order valence-electron chi connectivity index (χ4n) is 1.70. The lowest BCUT2D eigenvalue weighted by Gasteiger charge is -2.10. The molecule has 0 saturated carbocycles. The van der Waals surface area contributed by atoms with Crippen LogP contribution < -0.4 is 10.1 Å². The van der Waals surface area contributed by atoms with Crippen molar-refractivity contribution in [1.29, 1.82) is 0 Å². The van der Waals surface area contributed by atoms with Crippen LogP contribution in [0.25, 0.3) is 0 Å². The molecule has 2 N–H and O–H groups in total. The molecule has 5 nitrogen and oxygen atoms in total. The molecule has 1 amide bonds. The molecular weight excluding hydrogens is 277 g/mol. The summed E-state index contributed by atoms with van der Waals surface area (Å²) in [5.41, 5.74) is 0.